The molecule has 0 aliphatic carbocycles. The maximum Gasteiger partial charge on any atom is 0.158 e. The van der Waals surface area contributed by atoms with Crippen LogP contribution in [0.2, 0.25) is 0 Å². The van der Waals surface area contributed by atoms with Gasteiger partial charge in [0, 0.05) is 11.8 Å². The summed E-state index contributed by atoms with van der Waals surface area (Å²) < 4.78 is 24.5. The first-order valence-corrected chi connectivity index (χ1v) is 9.39. The smallest absolute Gasteiger partial charge is 0.158 e. The van der Waals surface area contributed by atoms with Crippen LogP contribution in [0.3, 0.4) is 0 Å². The molecule has 2 nitrogen and oxygen atoms in total. The summed E-state index contributed by atoms with van der Waals surface area (Å²) in [5.41, 5.74) is 3.52. The van der Waals surface area contributed by atoms with Crippen LogP contribution in [0.15, 0.2) is 48.5 Å². The molecule has 0 radical (unpaired) electrons. The minimum absolute atomic E-state index is 0.0345. The zero-order chi connectivity index (χ0) is 15.3. The molecule has 0 saturated heterocycles. The number of sulfone groups is 1. The zero-order valence-electron chi connectivity index (χ0n) is 11.4. The van der Waals surface area contributed by atoms with Gasteiger partial charge in [0.15, 0.2) is 9.84 Å². The minimum atomic E-state index is -3.19. The molecule has 0 N–H and O–H groups in total. The highest BCUT2D eigenvalue weighted by atomic mass is 35.5. The van der Waals surface area contributed by atoms with Crippen LogP contribution in [0.5, 0.6) is 0 Å². The second-order valence-electron chi connectivity index (χ2n) is 4.93. The fraction of sp³-hybridized carbons (Fsp3) is 0.250. The molecule has 0 fully saturated rings. The van der Waals surface area contributed by atoms with E-state index in [9.17, 15) is 8.42 Å². The molecule has 0 aliphatic rings. The van der Waals surface area contributed by atoms with Crippen molar-refractivity contribution in [1.82, 2.24) is 0 Å². The quantitative estimate of drug-likeness (QED) is 0.734. The van der Waals surface area contributed by atoms with Crippen LogP contribution in [-0.4, -0.2) is 8.42 Å². The second kappa shape index (κ2) is 7.30. The van der Waals surface area contributed by atoms with Crippen molar-refractivity contribution in [3.8, 4) is 0 Å². The molecule has 0 saturated carbocycles. The SMILES string of the molecule is O=S(=O)(Cc1ccc(CCl)cc1)Cc1ccc(CCl)cc1. The summed E-state index contributed by atoms with van der Waals surface area (Å²) in [6.07, 6.45) is 0. The molecule has 2 aromatic rings. The van der Waals surface area contributed by atoms with E-state index in [2.05, 4.69) is 0 Å². The molecule has 0 bridgehead atoms. The van der Waals surface area contributed by atoms with E-state index in [0.29, 0.717) is 11.8 Å². The Morgan fingerprint density at radius 1 is 0.619 bits per heavy atom. The predicted molar refractivity (Wildman–Crippen MR) is 88.3 cm³/mol. The van der Waals surface area contributed by atoms with Crippen molar-refractivity contribution in [3.05, 3.63) is 70.8 Å². The zero-order valence-corrected chi connectivity index (χ0v) is 13.8. The van der Waals surface area contributed by atoms with Crippen LogP contribution < -0.4 is 0 Å². The van der Waals surface area contributed by atoms with Gasteiger partial charge < -0.3 is 0 Å². The molecule has 5 heteroatoms. The van der Waals surface area contributed by atoms with Gasteiger partial charge in [0.2, 0.25) is 0 Å². The first-order valence-electron chi connectivity index (χ1n) is 6.50. The van der Waals surface area contributed by atoms with Gasteiger partial charge in [0.25, 0.3) is 0 Å². The van der Waals surface area contributed by atoms with E-state index >= 15 is 0 Å². The highest BCUT2D eigenvalue weighted by Crippen LogP contribution is 2.15. The predicted octanol–water partition coefficient (Wildman–Crippen LogP) is 4.28. The summed E-state index contributed by atoms with van der Waals surface area (Å²) in [4.78, 5) is 0. The summed E-state index contributed by atoms with van der Waals surface area (Å²) in [5.74, 6) is 0.930. The molecule has 0 aliphatic heterocycles. The summed E-state index contributed by atoms with van der Waals surface area (Å²) >= 11 is 11.4. The maximum absolute atomic E-state index is 12.2. The Morgan fingerprint density at radius 3 is 1.19 bits per heavy atom. The average Bonchev–Trinajstić information content (AvgIpc) is 2.48. The molecule has 0 amide bonds. The van der Waals surface area contributed by atoms with Crippen molar-refractivity contribution in [2.24, 2.45) is 0 Å². The maximum atomic E-state index is 12.2. The third kappa shape index (κ3) is 5.03. The van der Waals surface area contributed by atoms with E-state index in [4.69, 9.17) is 23.2 Å². The topological polar surface area (TPSA) is 34.1 Å². The summed E-state index contributed by atoms with van der Waals surface area (Å²) in [5, 5.41) is 0. The second-order valence-corrected chi connectivity index (χ2v) is 7.53. The molecular formula is C16H16Cl2O2S. The van der Waals surface area contributed by atoms with Gasteiger partial charge in [-0.05, 0) is 22.3 Å². The molecule has 0 aromatic heterocycles. The fourth-order valence-electron chi connectivity index (χ4n) is 2.01. The van der Waals surface area contributed by atoms with Crippen LogP contribution in [0.25, 0.3) is 0 Å². The third-order valence-electron chi connectivity index (χ3n) is 3.13. The van der Waals surface area contributed by atoms with Gasteiger partial charge in [-0.25, -0.2) is 8.42 Å². The van der Waals surface area contributed by atoms with Crippen LogP contribution >= 0.6 is 23.2 Å². The Morgan fingerprint density at radius 2 is 0.905 bits per heavy atom. The van der Waals surface area contributed by atoms with Gasteiger partial charge >= 0.3 is 0 Å². The molecule has 2 rings (SSSR count). The highest BCUT2D eigenvalue weighted by molar-refractivity contribution is 7.89. The van der Waals surface area contributed by atoms with Crippen molar-refractivity contribution < 1.29 is 8.42 Å². The standard InChI is InChI=1S/C16H16Cl2O2S/c17-9-13-1-5-15(6-2-13)11-21(19,20)12-16-7-3-14(10-18)4-8-16/h1-8H,9-12H2. The largest absolute Gasteiger partial charge is 0.228 e. The van der Waals surface area contributed by atoms with E-state index in [1.54, 1.807) is 0 Å². The van der Waals surface area contributed by atoms with Crippen LogP contribution in [0.1, 0.15) is 22.3 Å². The molecule has 112 valence electrons. The number of hydrogen-bond acceptors (Lipinski definition) is 2. The third-order valence-corrected chi connectivity index (χ3v) is 5.29. The highest BCUT2D eigenvalue weighted by Gasteiger charge is 2.13. The molecule has 0 atom stereocenters. The van der Waals surface area contributed by atoms with Gasteiger partial charge in [-0.15, -0.1) is 23.2 Å². The average molecular weight is 343 g/mol. The van der Waals surface area contributed by atoms with Crippen LogP contribution in [-0.2, 0) is 33.1 Å². The fourth-order valence-corrected chi connectivity index (χ4v) is 3.87. The lowest BCUT2D eigenvalue weighted by Gasteiger charge is -2.06. The van der Waals surface area contributed by atoms with Crippen molar-refractivity contribution >= 4 is 33.0 Å². The molecule has 0 heterocycles. The molecule has 0 spiro atoms. The molecule has 2 aromatic carbocycles. The molecule has 0 unspecified atom stereocenters. The van der Waals surface area contributed by atoms with Crippen LogP contribution in [0, 0.1) is 0 Å². The van der Waals surface area contributed by atoms with Crippen molar-refractivity contribution in [2.75, 3.05) is 0 Å². The van der Waals surface area contributed by atoms with Gasteiger partial charge in [-0.2, -0.15) is 0 Å². The van der Waals surface area contributed by atoms with Crippen molar-refractivity contribution in [1.29, 1.82) is 0 Å². The van der Waals surface area contributed by atoms with E-state index in [1.165, 1.54) is 0 Å². The Bertz CT molecular complexity index is 622. The van der Waals surface area contributed by atoms with Gasteiger partial charge in [-0.1, -0.05) is 48.5 Å². The van der Waals surface area contributed by atoms with Gasteiger partial charge in [0.1, 0.15) is 0 Å². The van der Waals surface area contributed by atoms with Gasteiger partial charge in [0.05, 0.1) is 11.5 Å². The number of hydrogen-bond donors (Lipinski definition) is 0. The Kier molecular flexibility index (Phi) is 5.68. The van der Waals surface area contributed by atoms with E-state index in [0.717, 1.165) is 22.3 Å². The summed E-state index contributed by atoms with van der Waals surface area (Å²) in [6, 6.07) is 14.7. The minimum Gasteiger partial charge on any atom is -0.228 e. The Labute approximate surface area is 135 Å². The summed E-state index contributed by atoms with van der Waals surface area (Å²) in [6.45, 7) is 0. The number of halogens is 2. The lowest BCUT2D eigenvalue weighted by Crippen LogP contribution is -2.07. The van der Waals surface area contributed by atoms with Gasteiger partial charge in [-0.3, -0.25) is 0 Å². The number of rotatable bonds is 6. The lowest BCUT2D eigenvalue weighted by atomic mass is 10.2. The lowest BCUT2D eigenvalue weighted by molar-refractivity contribution is 0.594. The first kappa shape index (κ1) is 16.3. The van der Waals surface area contributed by atoms with Crippen LogP contribution in [0.4, 0.5) is 0 Å². The molecule has 21 heavy (non-hydrogen) atoms. The van der Waals surface area contributed by atoms with Crippen molar-refractivity contribution in [2.45, 2.75) is 23.3 Å². The normalized spacial score (nSPS) is 11.5. The summed E-state index contributed by atoms with van der Waals surface area (Å²) in [7, 11) is -3.19. The Balaban J connectivity index is 2.06. The first-order chi connectivity index (χ1) is 10.0. The van der Waals surface area contributed by atoms with Crippen molar-refractivity contribution in [3.63, 3.8) is 0 Å². The molecular weight excluding hydrogens is 327 g/mol. The Hall–Kier alpha value is -1.03. The van der Waals surface area contributed by atoms with E-state index in [1.807, 2.05) is 48.5 Å². The monoisotopic (exact) mass is 342 g/mol. The number of alkyl halides is 2. The van der Waals surface area contributed by atoms with E-state index < -0.39 is 9.84 Å². The van der Waals surface area contributed by atoms with E-state index in [-0.39, 0.29) is 11.5 Å². The number of benzene rings is 2.